The van der Waals surface area contributed by atoms with Crippen LogP contribution in [0.1, 0.15) is 32.1 Å². The van der Waals surface area contributed by atoms with Crippen LogP contribution in [0.3, 0.4) is 0 Å². The van der Waals surface area contributed by atoms with Crippen LogP contribution < -0.4 is 9.80 Å². The fraction of sp³-hybridized carbons (Fsp3) is 0.219. The first-order valence-corrected chi connectivity index (χ1v) is 15.4. The highest BCUT2D eigenvalue weighted by Crippen LogP contribution is 2.26. The third-order valence-electron chi connectivity index (χ3n) is 7.42. The van der Waals surface area contributed by atoms with Gasteiger partial charge in [0, 0.05) is 56.8 Å². The fourth-order valence-electron chi connectivity index (χ4n) is 5.14. The molecule has 0 unspecified atom stereocenters. The molecule has 6 rings (SSSR count). The first-order chi connectivity index (χ1) is 20.2. The van der Waals surface area contributed by atoms with E-state index in [1.165, 1.54) is 22.6 Å². The summed E-state index contributed by atoms with van der Waals surface area (Å²) in [5, 5.41) is 15.4. The monoisotopic (exact) mass is 578 g/mol. The van der Waals surface area contributed by atoms with Gasteiger partial charge >= 0.3 is 0 Å². The molecule has 41 heavy (non-hydrogen) atoms. The summed E-state index contributed by atoms with van der Waals surface area (Å²) in [7, 11) is 0. The Morgan fingerprint density at radius 2 is 1.73 bits per heavy atom. The van der Waals surface area contributed by atoms with Gasteiger partial charge in [-0.3, -0.25) is 4.79 Å². The van der Waals surface area contributed by atoms with Gasteiger partial charge in [0.1, 0.15) is 0 Å². The number of nitriles is 1. The van der Waals surface area contributed by atoms with Crippen LogP contribution >= 0.6 is 22.7 Å². The molecule has 0 atom stereocenters. The molecule has 1 fully saturated rings. The molecular formula is C32H30N6OS2. The number of thiophene rings is 2. The summed E-state index contributed by atoms with van der Waals surface area (Å²) >= 11 is 3.22. The number of aromatic nitrogens is 2. The lowest BCUT2D eigenvalue weighted by atomic mass is 10.1. The van der Waals surface area contributed by atoms with Gasteiger partial charge in [-0.1, -0.05) is 18.2 Å². The molecule has 5 aromatic rings. The molecule has 0 saturated carbocycles. The topological polar surface area (TPSA) is 68.4 Å². The number of hydrogen-bond donors (Lipinski definition) is 0. The highest BCUT2D eigenvalue weighted by atomic mass is 32.1. The van der Waals surface area contributed by atoms with Crippen molar-refractivity contribution in [1.29, 1.82) is 5.26 Å². The molecule has 7 nitrogen and oxygen atoms in total. The molecule has 2 aromatic carbocycles. The van der Waals surface area contributed by atoms with Crippen molar-refractivity contribution in [3.8, 4) is 6.07 Å². The van der Waals surface area contributed by atoms with E-state index in [1.807, 2.05) is 59.2 Å². The summed E-state index contributed by atoms with van der Waals surface area (Å²) in [6.07, 6.45) is 3.82. The zero-order valence-electron chi connectivity index (χ0n) is 22.6. The number of carbonyl (C=O) groups is 1. The zero-order chi connectivity index (χ0) is 28.0. The Labute approximate surface area is 248 Å². The number of imidazole rings is 1. The standard InChI is InChI=1S/C32H30N6OS2/c33-18-25-3-5-26(6-4-25)20-38-24-34-19-30(38)22-37(21-27-11-17-40-23-27)29-9-7-28(8-10-29)35-12-14-36(15-13-35)32(39)31-2-1-16-41-31/h1-11,16-17,19,23-24H,12-15,20-22H2. The average Bonchev–Trinajstić information content (AvgIpc) is 3.82. The molecule has 1 aliphatic rings. The number of rotatable bonds is 9. The Morgan fingerprint density at radius 1 is 0.927 bits per heavy atom. The van der Waals surface area contributed by atoms with Crippen LogP contribution in [0.5, 0.6) is 0 Å². The summed E-state index contributed by atoms with van der Waals surface area (Å²) in [6, 6.07) is 24.7. The van der Waals surface area contributed by atoms with E-state index in [-0.39, 0.29) is 5.91 Å². The van der Waals surface area contributed by atoms with E-state index in [4.69, 9.17) is 5.26 Å². The lowest BCUT2D eigenvalue weighted by molar-refractivity contribution is 0.0751. The van der Waals surface area contributed by atoms with Crippen LogP contribution in [0, 0.1) is 11.3 Å². The second kappa shape index (κ2) is 12.4. The minimum atomic E-state index is 0.137. The van der Waals surface area contributed by atoms with Gasteiger partial charge in [0.05, 0.1) is 35.1 Å². The molecule has 3 aromatic heterocycles. The first kappa shape index (κ1) is 26.8. The summed E-state index contributed by atoms with van der Waals surface area (Å²) in [5.74, 6) is 0.137. The van der Waals surface area contributed by atoms with Gasteiger partial charge in [0.15, 0.2) is 0 Å². The second-order valence-corrected chi connectivity index (χ2v) is 11.8. The van der Waals surface area contributed by atoms with Crippen LogP contribution in [0.25, 0.3) is 0 Å². The smallest absolute Gasteiger partial charge is 0.264 e. The number of nitrogens with zero attached hydrogens (tertiary/aromatic N) is 6. The Balaban J connectivity index is 1.15. The first-order valence-electron chi connectivity index (χ1n) is 13.6. The molecule has 0 radical (unpaired) electrons. The third-order valence-corrected chi connectivity index (χ3v) is 9.01. The van der Waals surface area contributed by atoms with E-state index in [1.54, 1.807) is 11.3 Å². The van der Waals surface area contributed by atoms with Crippen LogP contribution in [-0.2, 0) is 19.6 Å². The Hall–Kier alpha value is -4.39. The molecule has 9 heteroatoms. The molecule has 0 bridgehead atoms. The minimum Gasteiger partial charge on any atom is -0.368 e. The van der Waals surface area contributed by atoms with Gasteiger partial charge in [-0.2, -0.15) is 16.6 Å². The van der Waals surface area contributed by atoms with Gasteiger partial charge in [-0.15, -0.1) is 11.3 Å². The van der Waals surface area contributed by atoms with E-state index >= 15 is 0 Å². The van der Waals surface area contributed by atoms with E-state index in [0.717, 1.165) is 61.1 Å². The van der Waals surface area contributed by atoms with Gasteiger partial charge in [-0.05, 0) is 75.8 Å². The molecule has 1 aliphatic heterocycles. The third kappa shape index (κ3) is 6.35. The maximum absolute atomic E-state index is 12.7. The number of hydrogen-bond acceptors (Lipinski definition) is 7. The van der Waals surface area contributed by atoms with Crippen LogP contribution in [0.4, 0.5) is 11.4 Å². The van der Waals surface area contributed by atoms with E-state index in [2.05, 4.69) is 66.5 Å². The van der Waals surface area contributed by atoms with Crippen LogP contribution in [0.15, 0.2) is 95.4 Å². The van der Waals surface area contributed by atoms with Crippen molar-refractivity contribution in [3.63, 3.8) is 0 Å². The normalized spacial score (nSPS) is 13.2. The number of anilines is 2. The molecule has 0 spiro atoms. The van der Waals surface area contributed by atoms with Crippen molar-refractivity contribution in [2.75, 3.05) is 36.0 Å². The van der Waals surface area contributed by atoms with Gasteiger partial charge in [0.25, 0.3) is 5.91 Å². The molecule has 1 amide bonds. The van der Waals surface area contributed by atoms with Crippen molar-refractivity contribution in [3.05, 3.63) is 123 Å². The molecule has 0 N–H and O–H groups in total. The SMILES string of the molecule is N#Cc1ccc(Cn2cncc2CN(Cc2ccsc2)c2ccc(N3CCN(C(=O)c4cccs4)CC3)cc2)cc1. The largest absolute Gasteiger partial charge is 0.368 e. The highest BCUT2D eigenvalue weighted by molar-refractivity contribution is 7.12. The van der Waals surface area contributed by atoms with Gasteiger partial charge < -0.3 is 19.3 Å². The van der Waals surface area contributed by atoms with Crippen LogP contribution in [-0.4, -0.2) is 46.5 Å². The number of amides is 1. The highest BCUT2D eigenvalue weighted by Gasteiger charge is 2.23. The van der Waals surface area contributed by atoms with Crippen molar-refractivity contribution < 1.29 is 4.79 Å². The minimum absolute atomic E-state index is 0.137. The Kier molecular flexibility index (Phi) is 8.12. The Morgan fingerprint density at radius 3 is 2.41 bits per heavy atom. The maximum Gasteiger partial charge on any atom is 0.264 e. The van der Waals surface area contributed by atoms with Gasteiger partial charge in [0.2, 0.25) is 0 Å². The van der Waals surface area contributed by atoms with Crippen molar-refractivity contribution in [2.24, 2.45) is 0 Å². The van der Waals surface area contributed by atoms with Crippen molar-refractivity contribution in [1.82, 2.24) is 14.5 Å². The lowest BCUT2D eigenvalue weighted by Gasteiger charge is -2.36. The number of benzene rings is 2. The predicted molar refractivity (Wildman–Crippen MR) is 166 cm³/mol. The molecular weight excluding hydrogens is 549 g/mol. The summed E-state index contributed by atoms with van der Waals surface area (Å²) < 4.78 is 2.17. The lowest BCUT2D eigenvalue weighted by Crippen LogP contribution is -2.48. The average molecular weight is 579 g/mol. The molecule has 206 valence electrons. The fourth-order valence-corrected chi connectivity index (χ4v) is 6.49. The quantitative estimate of drug-likeness (QED) is 0.212. The Bertz CT molecular complexity index is 1590. The second-order valence-electron chi connectivity index (χ2n) is 10.1. The summed E-state index contributed by atoms with van der Waals surface area (Å²) in [4.78, 5) is 24.7. The number of piperazine rings is 1. The van der Waals surface area contributed by atoms with Gasteiger partial charge in [-0.25, -0.2) is 4.98 Å². The van der Waals surface area contributed by atoms with E-state index in [9.17, 15) is 4.79 Å². The maximum atomic E-state index is 12.7. The predicted octanol–water partition coefficient (Wildman–Crippen LogP) is 6.10. The van der Waals surface area contributed by atoms with Crippen molar-refractivity contribution >= 4 is 40.0 Å². The van der Waals surface area contributed by atoms with Crippen LogP contribution in [0.2, 0.25) is 0 Å². The summed E-state index contributed by atoms with van der Waals surface area (Å²) in [5.41, 5.74) is 6.53. The van der Waals surface area contributed by atoms with E-state index < -0.39 is 0 Å². The summed E-state index contributed by atoms with van der Waals surface area (Å²) in [6.45, 7) is 5.32. The van der Waals surface area contributed by atoms with Crippen molar-refractivity contribution in [2.45, 2.75) is 19.6 Å². The number of carbonyl (C=O) groups excluding carboxylic acids is 1. The zero-order valence-corrected chi connectivity index (χ0v) is 24.2. The molecule has 0 aliphatic carbocycles. The molecule has 4 heterocycles. The molecule has 1 saturated heterocycles. The van der Waals surface area contributed by atoms with E-state index in [0.29, 0.717) is 12.1 Å².